The third kappa shape index (κ3) is 5.96. The molecule has 0 atom stereocenters. The van der Waals surface area contributed by atoms with Crippen molar-refractivity contribution >= 4 is 29.6 Å². The Hall–Kier alpha value is -3.57. The van der Waals surface area contributed by atoms with Gasteiger partial charge in [0.15, 0.2) is 0 Å². The molecule has 3 rings (SSSR count). The summed E-state index contributed by atoms with van der Waals surface area (Å²) in [6.07, 6.45) is 1.39. The second kappa shape index (κ2) is 9.57. The fourth-order valence-electron chi connectivity index (χ4n) is 2.51. The lowest BCUT2D eigenvalue weighted by Gasteiger charge is -2.08. The molecular weight excluding hydrogens is 390 g/mol. The summed E-state index contributed by atoms with van der Waals surface area (Å²) in [6.45, 7) is 0.389. The molecule has 0 saturated heterocycles. The van der Waals surface area contributed by atoms with Crippen molar-refractivity contribution in [3.63, 3.8) is 0 Å². The van der Waals surface area contributed by atoms with E-state index in [4.69, 9.17) is 16.3 Å². The molecule has 3 aromatic carbocycles. The lowest BCUT2D eigenvalue weighted by atomic mass is 10.1. The highest BCUT2D eigenvalue weighted by atomic mass is 35.5. The Labute approximate surface area is 173 Å². The van der Waals surface area contributed by atoms with Gasteiger partial charge in [0, 0.05) is 10.6 Å². The highest BCUT2D eigenvalue weighted by Crippen LogP contribution is 2.17. The third-order valence-corrected chi connectivity index (χ3v) is 4.28. The van der Waals surface area contributed by atoms with Crippen molar-refractivity contribution in [3.05, 3.63) is 106 Å². The van der Waals surface area contributed by atoms with Crippen LogP contribution in [0.5, 0.6) is 5.75 Å². The number of carbonyl (C=O) groups excluding carboxylic acids is 1. The van der Waals surface area contributed by atoms with Crippen LogP contribution < -0.4 is 10.1 Å². The predicted octanol–water partition coefficient (Wildman–Crippen LogP) is 4.77. The summed E-state index contributed by atoms with van der Waals surface area (Å²) in [7, 11) is 0. The highest BCUT2D eigenvalue weighted by Gasteiger charge is 2.13. The van der Waals surface area contributed by atoms with E-state index in [1.807, 2.05) is 12.1 Å². The first kappa shape index (κ1) is 20.2. The standard InChI is InChI=1S/C23H18ClNO4/c24-19-10-6-17(7-11-19)15-29-20-12-8-16(9-13-20)14-21(23(27)28)25-22(26)18-4-2-1-3-5-18/h1-14H,15H2,(H,25,26)(H,27,28)/b21-14-. The van der Waals surface area contributed by atoms with E-state index in [1.54, 1.807) is 66.7 Å². The number of hydrogen-bond acceptors (Lipinski definition) is 3. The first-order valence-electron chi connectivity index (χ1n) is 8.80. The number of hydrogen-bond donors (Lipinski definition) is 2. The minimum absolute atomic E-state index is 0.214. The van der Waals surface area contributed by atoms with Gasteiger partial charge >= 0.3 is 5.97 Å². The molecule has 0 aliphatic heterocycles. The van der Waals surface area contributed by atoms with Gasteiger partial charge in [0.1, 0.15) is 18.1 Å². The maximum Gasteiger partial charge on any atom is 0.352 e. The van der Waals surface area contributed by atoms with Gasteiger partial charge in [-0.1, -0.05) is 54.1 Å². The van der Waals surface area contributed by atoms with E-state index in [2.05, 4.69) is 5.32 Å². The Morgan fingerprint density at radius 2 is 1.59 bits per heavy atom. The average molecular weight is 408 g/mol. The van der Waals surface area contributed by atoms with Crippen LogP contribution in [0.25, 0.3) is 6.08 Å². The molecule has 0 aliphatic rings. The van der Waals surface area contributed by atoms with Gasteiger partial charge in [-0.15, -0.1) is 0 Å². The van der Waals surface area contributed by atoms with Crippen LogP contribution in [-0.4, -0.2) is 17.0 Å². The minimum Gasteiger partial charge on any atom is -0.489 e. The molecule has 0 aromatic heterocycles. The van der Waals surface area contributed by atoms with Gasteiger partial charge in [0.2, 0.25) is 0 Å². The summed E-state index contributed by atoms with van der Waals surface area (Å²) in [5, 5.41) is 12.5. The summed E-state index contributed by atoms with van der Waals surface area (Å²) in [6, 6.07) is 22.7. The average Bonchev–Trinajstić information content (AvgIpc) is 2.74. The van der Waals surface area contributed by atoms with Crippen LogP contribution in [0.15, 0.2) is 84.6 Å². The van der Waals surface area contributed by atoms with Crippen LogP contribution in [0.3, 0.4) is 0 Å². The molecule has 0 heterocycles. The zero-order valence-electron chi connectivity index (χ0n) is 15.3. The SMILES string of the molecule is O=C(O)/C(=C/c1ccc(OCc2ccc(Cl)cc2)cc1)NC(=O)c1ccccc1. The Morgan fingerprint density at radius 1 is 0.931 bits per heavy atom. The molecule has 0 bridgehead atoms. The number of nitrogens with one attached hydrogen (secondary N) is 1. The van der Waals surface area contributed by atoms with Crippen LogP contribution in [0, 0.1) is 0 Å². The number of aliphatic carboxylic acids is 1. The van der Waals surface area contributed by atoms with Crippen LogP contribution in [0.4, 0.5) is 0 Å². The number of halogens is 1. The van der Waals surface area contributed by atoms with E-state index in [-0.39, 0.29) is 5.70 Å². The van der Waals surface area contributed by atoms with Crippen LogP contribution in [-0.2, 0) is 11.4 Å². The molecule has 1 amide bonds. The molecule has 29 heavy (non-hydrogen) atoms. The summed E-state index contributed by atoms with van der Waals surface area (Å²) < 4.78 is 5.71. The predicted molar refractivity (Wildman–Crippen MR) is 112 cm³/mol. The molecule has 6 heteroatoms. The number of benzene rings is 3. The van der Waals surface area contributed by atoms with Gasteiger partial charge in [-0.05, 0) is 53.6 Å². The number of rotatable bonds is 7. The van der Waals surface area contributed by atoms with Gasteiger partial charge in [0.25, 0.3) is 5.91 Å². The van der Waals surface area contributed by atoms with E-state index >= 15 is 0 Å². The Morgan fingerprint density at radius 3 is 2.21 bits per heavy atom. The molecular formula is C23H18ClNO4. The molecule has 0 saturated carbocycles. The Kier molecular flexibility index (Phi) is 6.66. The smallest absolute Gasteiger partial charge is 0.352 e. The van der Waals surface area contributed by atoms with E-state index in [9.17, 15) is 14.7 Å². The zero-order chi connectivity index (χ0) is 20.6. The van der Waals surface area contributed by atoms with Gasteiger partial charge in [-0.2, -0.15) is 0 Å². The van der Waals surface area contributed by atoms with Crippen LogP contribution >= 0.6 is 11.6 Å². The molecule has 0 radical (unpaired) electrons. The molecule has 146 valence electrons. The third-order valence-electron chi connectivity index (χ3n) is 4.02. The quantitative estimate of drug-likeness (QED) is 0.553. The second-order valence-corrected chi connectivity index (χ2v) is 6.60. The molecule has 0 spiro atoms. The molecule has 2 N–H and O–H groups in total. The maximum absolute atomic E-state index is 12.2. The molecule has 5 nitrogen and oxygen atoms in total. The van der Waals surface area contributed by atoms with Crippen molar-refractivity contribution in [3.8, 4) is 5.75 Å². The van der Waals surface area contributed by atoms with E-state index in [0.717, 1.165) is 5.56 Å². The van der Waals surface area contributed by atoms with Crippen molar-refractivity contribution in [2.75, 3.05) is 0 Å². The largest absolute Gasteiger partial charge is 0.489 e. The highest BCUT2D eigenvalue weighted by molar-refractivity contribution is 6.30. The number of carboxylic acids is 1. The number of amides is 1. The summed E-state index contributed by atoms with van der Waals surface area (Å²) in [5.41, 5.74) is 1.77. The van der Waals surface area contributed by atoms with E-state index < -0.39 is 11.9 Å². The summed E-state index contributed by atoms with van der Waals surface area (Å²) in [4.78, 5) is 23.7. The lowest BCUT2D eigenvalue weighted by molar-refractivity contribution is -0.132. The fraction of sp³-hybridized carbons (Fsp3) is 0.0435. The zero-order valence-corrected chi connectivity index (χ0v) is 16.1. The first-order chi connectivity index (χ1) is 14.0. The molecule has 0 aliphatic carbocycles. The van der Waals surface area contributed by atoms with Crippen molar-refractivity contribution in [1.29, 1.82) is 0 Å². The fourth-order valence-corrected chi connectivity index (χ4v) is 2.64. The van der Waals surface area contributed by atoms with Crippen molar-refractivity contribution in [2.24, 2.45) is 0 Å². The topological polar surface area (TPSA) is 75.6 Å². The van der Waals surface area contributed by atoms with Crippen molar-refractivity contribution in [2.45, 2.75) is 6.61 Å². The molecule has 3 aromatic rings. The Balaban J connectivity index is 1.66. The summed E-state index contributed by atoms with van der Waals surface area (Å²) in [5.74, 6) is -1.07. The lowest BCUT2D eigenvalue weighted by Crippen LogP contribution is -2.27. The van der Waals surface area contributed by atoms with E-state index in [0.29, 0.717) is 28.5 Å². The van der Waals surface area contributed by atoms with E-state index in [1.165, 1.54) is 6.08 Å². The molecule has 0 unspecified atom stereocenters. The minimum atomic E-state index is -1.22. The van der Waals surface area contributed by atoms with Gasteiger partial charge < -0.3 is 15.2 Å². The normalized spacial score (nSPS) is 11.0. The van der Waals surface area contributed by atoms with Crippen molar-refractivity contribution < 1.29 is 19.4 Å². The van der Waals surface area contributed by atoms with Crippen LogP contribution in [0.1, 0.15) is 21.5 Å². The van der Waals surface area contributed by atoms with Gasteiger partial charge in [-0.25, -0.2) is 4.79 Å². The number of carboxylic acid groups (broad SMARTS) is 1. The van der Waals surface area contributed by atoms with Gasteiger partial charge in [-0.3, -0.25) is 4.79 Å². The molecule has 0 fully saturated rings. The number of carbonyl (C=O) groups is 2. The number of ether oxygens (including phenoxy) is 1. The van der Waals surface area contributed by atoms with Crippen LogP contribution in [0.2, 0.25) is 5.02 Å². The second-order valence-electron chi connectivity index (χ2n) is 6.17. The summed E-state index contributed by atoms with van der Waals surface area (Å²) >= 11 is 5.86. The first-order valence-corrected chi connectivity index (χ1v) is 9.18. The Bertz CT molecular complexity index is 1010. The maximum atomic E-state index is 12.2. The van der Waals surface area contributed by atoms with Crippen molar-refractivity contribution in [1.82, 2.24) is 5.32 Å². The monoisotopic (exact) mass is 407 g/mol. The van der Waals surface area contributed by atoms with Gasteiger partial charge in [0.05, 0.1) is 0 Å².